The second-order valence-electron chi connectivity index (χ2n) is 4.58. The predicted molar refractivity (Wildman–Crippen MR) is 62.2 cm³/mol. The van der Waals surface area contributed by atoms with E-state index in [1.165, 1.54) is 0 Å². The lowest BCUT2D eigenvalue weighted by atomic mass is 9.95. The third-order valence-electron chi connectivity index (χ3n) is 3.18. The lowest BCUT2D eigenvalue weighted by molar-refractivity contribution is 0.00293. The normalized spacial score (nSPS) is 23.1. The molecule has 0 spiro atoms. The van der Waals surface area contributed by atoms with Gasteiger partial charge in [-0.1, -0.05) is 6.42 Å². The van der Waals surface area contributed by atoms with Gasteiger partial charge in [-0.05, 0) is 31.4 Å². The molecule has 1 aromatic carbocycles. The first kappa shape index (κ1) is 13.7. The number of ether oxygens (including phenoxy) is 1. The molecule has 19 heavy (non-hydrogen) atoms. The Hall–Kier alpha value is -1.69. The maximum atomic E-state index is 13.6. The van der Waals surface area contributed by atoms with Crippen LogP contribution in [0.4, 0.5) is 8.78 Å². The molecule has 0 heterocycles. The Morgan fingerprint density at radius 2 is 1.79 bits per heavy atom. The van der Waals surface area contributed by atoms with Gasteiger partial charge in [-0.2, -0.15) is 0 Å². The number of halogens is 2. The van der Waals surface area contributed by atoms with Gasteiger partial charge >= 0.3 is 5.97 Å². The van der Waals surface area contributed by atoms with Gasteiger partial charge in [0.25, 0.3) is 0 Å². The number of aliphatic hydroxyl groups is 1. The van der Waals surface area contributed by atoms with E-state index < -0.39 is 41.1 Å². The summed E-state index contributed by atoms with van der Waals surface area (Å²) in [5.74, 6) is -4.19. The molecular formula is C13H14F2O4. The van der Waals surface area contributed by atoms with Gasteiger partial charge in [0, 0.05) is 0 Å². The van der Waals surface area contributed by atoms with Gasteiger partial charge in [0.1, 0.15) is 6.10 Å². The molecule has 0 bridgehead atoms. The van der Waals surface area contributed by atoms with Crippen LogP contribution < -0.4 is 4.74 Å². The molecule has 4 nitrogen and oxygen atoms in total. The third-order valence-corrected chi connectivity index (χ3v) is 3.18. The number of carbonyl (C=O) groups is 1. The summed E-state index contributed by atoms with van der Waals surface area (Å²) in [5, 5.41) is 18.4. The Morgan fingerprint density at radius 1 is 1.21 bits per heavy atom. The van der Waals surface area contributed by atoms with Gasteiger partial charge < -0.3 is 14.9 Å². The summed E-state index contributed by atoms with van der Waals surface area (Å²) in [6, 6.07) is 1.41. The van der Waals surface area contributed by atoms with Gasteiger partial charge in [0.2, 0.25) is 0 Å². The van der Waals surface area contributed by atoms with E-state index in [1.54, 1.807) is 0 Å². The Bertz CT molecular complexity index is 467. The number of hydrogen-bond acceptors (Lipinski definition) is 3. The first-order chi connectivity index (χ1) is 8.99. The second kappa shape index (κ2) is 5.52. The molecule has 0 radical (unpaired) electrons. The summed E-state index contributed by atoms with van der Waals surface area (Å²) in [5.41, 5.74) is -0.480. The van der Waals surface area contributed by atoms with Gasteiger partial charge in [-0.25, -0.2) is 13.6 Å². The molecule has 0 aromatic heterocycles. The number of carboxylic acids is 1. The summed E-state index contributed by atoms with van der Waals surface area (Å²) in [7, 11) is 0. The lowest BCUT2D eigenvalue weighted by Crippen LogP contribution is -2.35. The van der Waals surface area contributed by atoms with Crippen LogP contribution in [-0.4, -0.2) is 28.4 Å². The van der Waals surface area contributed by atoms with Crippen molar-refractivity contribution >= 4 is 5.97 Å². The van der Waals surface area contributed by atoms with E-state index in [9.17, 15) is 18.7 Å². The van der Waals surface area contributed by atoms with Gasteiger partial charge in [-0.15, -0.1) is 0 Å². The minimum absolute atomic E-state index is 0.480. The maximum absolute atomic E-state index is 13.6. The highest BCUT2D eigenvalue weighted by molar-refractivity contribution is 5.87. The second-order valence-corrected chi connectivity index (χ2v) is 4.58. The van der Waals surface area contributed by atoms with Crippen molar-refractivity contribution in [2.45, 2.75) is 37.9 Å². The SMILES string of the molecule is O=C(O)c1cc(F)c(OC2CCCCC2O)c(F)c1. The average molecular weight is 272 g/mol. The van der Waals surface area contributed by atoms with E-state index in [-0.39, 0.29) is 0 Å². The molecule has 2 unspecified atom stereocenters. The maximum Gasteiger partial charge on any atom is 0.335 e. The summed E-state index contributed by atoms with van der Waals surface area (Å²) >= 11 is 0. The topological polar surface area (TPSA) is 66.8 Å². The molecule has 104 valence electrons. The Kier molecular flexibility index (Phi) is 3.99. The van der Waals surface area contributed by atoms with Crippen molar-refractivity contribution in [2.75, 3.05) is 0 Å². The van der Waals surface area contributed by atoms with Crippen molar-refractivity contribution in [1.82, 2.24) is 0 Å². The zero-order chi connectivity index (χ0) is 14.0. The number of hydrogen-bond donors (Lipinski definition) is 2. The molecule has 6 heteroatoms. The molecule has 2 atom stereocenters. The van der Waals surface area contributed by atoms with E-state index in [2.05, 4.69) is 0 Å². The molecule has 1 saturated carbocycles. The molecule has 0 aliphatic heterocycles. The third kappa shape index (κ3) is 3.01. The molecule has 1 aliphatic rings. The predicted octanol–water partition coefficient (Wildman–Crippen LogP) is 2.35. The molecule has 1 aromatic rings. The Morgan fingerprint density at radius 3 is 2.32 bits per heavy atom. The quantitative estimate of drug-likeness (QED) is 0.886. The first-order valence-electron chi connectivity index (χ1n) is 6.06. The molecule has 1 aliphatic carbocycles. The van der Waals surface area contributed by atoms with Crippen molar-refractivity contribution in [1.29, 1.82) is 0 Å². The van der Waals surface area contributed by atoms with Crippen molar-refractivity contribution in [3.8, 4) is 5.75 Å². The standard InChI is InChI=1S/C13H14F2O4/c14-8-5-7(13(17)18)6-9(15)12(8)19-11-4-2-1-3-10(11)16/h5-6,10-11,16H,1-4H2,(H,17,18). The van der Waals surface area contributed by atoms with Gasteiger partial charge in [0.15, 0.2) is 17.4 Å². The van der Waals surface area contributed by atoms with Crippen molar-refractivity contribution in [2.24, 2.45) is 0 Å². The van der Waals surface area contributed by atoms with Crippen LogP contribution in [0.25, 0.3) is 0 Å². The van der Waals surface area contributed by atoms with Gasteiger partial charge in [-0.3, -0.25) is 0 Å². The summed E-state index contributed by atoms with van der Waals surface area (Å²) in [6.07, 6.45) is 1.30. The highest BCUT2D eigenvalue weighted by atomic mass is 19.1. The zero-order valence-corrected chi connectivity index (χ0v) is 10.1. The molecule has 0 saturated heterocycles. The van der Waals surface area contributed by atoms with Crippen LogP contribution in [-0.2, 0) is 0 Å². The van der Waals surface area contributed by atoms with Crippen LogP contribution in [0.2, 0.25) is 0 Å². The van der Waals surface area contributed by atoms with E-state index in [0.717, 1.165) is 12.8 Å². The fraction of sp³-hybridized carbons (Fsp3) is 0.462. The molecule has 0 amide bonds. The lowest BCUT2D eigenvalue weighted by Gasteiger charge is -2.28. The Labute approximate surface area is 108 Å². The number of aromatic carboxylic acids is 1. The molecule has 1 fully saturated rings. The minimum atomic E-state index is -1.41. The monoisotopic (exact) mass is 272 g/mol. The summed E-state index contributed by atoms with van der Waals surface area (Å²) in [4.78, 5) is 10.6. The molecule has 2 rings (SSSR count). The highest BCUT2D eigenvalue weighted by Gasteiger charge is 2.27. The van der Waals surface area contributed by atoms with Crippen LogP contribution >= 0.6 is 0 Å². The van der Waals surface area contributed by atoms with Crippen LogP contribution in [0.5, 0.6) is 5.75 Å². The fourth-order valence-electron chi connectivity index (χ4n) is 2.16. The highest BCUT2D eigenvalue weighted by Crippen LogP contribution is 2.28. The number of aliphatic hydroxyl groups excluding tert-OH is 1. The largest absolute Gasteiger partial charge is 0.482 e. The first-order valence-corrected chi connectivity index (χ1v) is 6.06. The van der Waals surface area contributed by atoms with Gasteiger partial charge in [0.05, 0.1) is 11.7 Å². The van der Waals surface area contributed by atoms with Crippen molar-refractivity contribution < 1.29 is 28.5 Å². The van der Waals surface area contributed by atoms with Crippen LogP contribution in [0.1, 0.15) is 36.0 Å². The van der Waals surface area contributed by atoms with Crippen molar-refractivity contribution in [3.05, 3.63) is 29.3 Å². The van der Waals surface area contributed by atoms with E-state index in [4.69, 9.17) is 9.84 Å². The van der Waals surface area contributed by atoms with Crippen LogP contribution in [0.15, 0.2) is 12.1 Å². The Balaban J connectivity index is 2.22. The number of benzene rings is 1. The fourth-order valence-corrected chi connectivity index (χ4v) is 2.16. The molecule has 2 N–H and O–H groups in total. The summed E-state index contributed by atoms with van der Waals surface area (Å²) in [6.45, 7) is 0. The van der Waals surface area contributed by atoms with E-state index in [1.807, 2.05) is 0 Å². The molecular weight excluding hydrogens is 258 g/mol. The van der Waals surface area contributed by atoms with Crippen LogP contribution in [0, 0.1) is 11.6 Å². The average Bonchev–Trinajstić information content (AvgIpc) is 2.35. The van der Waals surface area contributed by atoms with E-state index in [0.29, 0.717) is 25.0 Å². The zero-order valence-electron chi connectivity index (χ0n) is 10.1. The van der Waals surface area contributed by atoms with Crippen LogP contribution in [0.3, 0.4) is 0 Å². The number of carboxylic acid groups (broad SMARTS) is 1. The van der Waals surface area contributed by atoms with Crippen molar-refractivity contribution in [3.63, 3.8) is 0 Å². The smallest absolute Gasteiger partial charge is 0.335 e. The van der Waals surface area contributed by atoms with E-state index >= 15 is 0 Å². The summed E-state index contributed by atoms with van der Waals surface area (Å²) < 4.78 is 32.5. The number of rotatable bonds is 3. The minimum Gasteiger partial charge on any atom is -0.482 e.